The molecule has 0 bridgehead atoms. The van der Waals surface area contributed by atoms with Crippen molar-refractivity contribution in [1.82, 2.24) is 10.6 Å². The Hall–Kier alpha value is -0.585. The average Bonchev–Trinajstić information content (AvgIpc) is 2.93. The van der Waals surface area contributed by atoms with Crippen LogP contribution in [0.25, 0.3) is 0 Å². The van der Waals surface area contributed by atoms with Gasteiger partial charge in [0.05, 0.1) is 23.2 Å². The molecule has 0 aromatic rings. The number of carbonyl (C=O) groups excluding carboxylic acids is 1. The molecule has 2 aliphatic rings. The lowest BCUT2D eigenvalue weighted by Gasteiger charge is -2.32. The van der Waals surface area contributed by atoms with Crippen LogP contribution < -0.4 is 10.6 Å². The van der Waals surface area contributed by atoms with E-state index in [4.69, 9.17) is 9.31 Å². The van der Waals surface area contributed by atoms with Crippen LogP contribution >= 0.6 is 0 Å². The Morgan fingerprint density at radius 1 is 1.24 bits per heavy atom. The molecule has 0 aromatic carbocycles. The van der Waals surface area contributed by atoms with Crippen LogP contribution in [0.4, 0.5) is 0 Å². The van der Waals surface area contributed by atoms with Gasteiger partial charge in [-0.2, -0.15) is 0 Å². The molecule has 0 aliphatic carbocycles. The third-order valence-electron chi connectivity index (χ3n) is 4.97. The third kappa shape index (κ3) is 3.43. The summed E-state index contributed by atoms with van der Waals surface area (Å²) in [5, 5.41) is 6.35. The average molecular weight is 296 g/mol. The molecule has 2 saturated heterocycles. The maximum Gasteiger partial charge on any atom is 0.482 e. The highest BCUT2D eigenvalue weighted by Gasteiger charge is 2.54. The van der Waals surface area contributed by atoms with Gasteiger partial charge in [-0.15, -0.1) is 0 Å². The molecule has 2 atom stereocenters. The van der Waals surface area contributed by atoms with Crippen molar-refractivity contribution in [1.29, 1.82) is 0 Å². The fourth-order valence-electron chi connectivity index (χ4n) is 2.76. The highest BCUT2D eigenvalue weighted by atomic mass is 16.7. The van der Waals surface area contributed by atoms with Crippen LogP contribution in [-0.4, -0.2) is 42.8 Å². The van der Waals surface area contributed by atoms with Crippen LogP contribution in [0.5, 0.6) is 0 Å². The zero-order valence-corrected chi connectivity index (χ0v) is 14.2. The van der Waals surface area contributed by atoms with E-state index >= 15 is 0 Å². The number of nitrogens with one attached hydrogen (secondary N) is 2. The fourth-order valence-corrected chi connectivity index (χ4v) is 2.76. The van der Waals surface area contributed by atoms with Crippen molar-refractivity contribution in [2.24, 2.45) is 5.92 Å². The van der Waals surface area contributed by atoms with E-state index in [1.54, 1.807) is 0 Å². The first-order chi connectivity index (χ1) is 9.64. The molecule has 0 saturated carbocycles. The van der Waals surface area contributed by atoms with Crippen molar-refractivity contribution in [2.45, 2.75) is 77.6 Å². The monoisotopic (exact) mass is 296 g/mol. The predicted octanol–water partition coefficient (Wildman–Crippen LogP) is 1.51. The minimum Gasteiger partial charge on any atom is -0.402 e. The predicted molar refractivity (Wildman–Crippen MR) is 83.9 cm³/mol. The SMILES string of the molecule is CC(C)C(NC(=O)[C@H]1CCCN1)B1OC(C)(C)C(C)(C)O1. The van der Waals surface area contributed by atoms with Crippen LogP contribution in [0.1, 0.15) is 54.4 Å². The summed E-state index contributed by atoms with van der Waals surface area (Å²) in [4.78, 5) is 12.4. The molecular formula is C15H29BN2O3. The van der Waals surface area contributed by atoms with Crippen LogP contribution in [0, 0.1) is 5.92 Å². The minimum atomic E-state index is -0.402. The summed E-state index contributed by atoms with van der Waals surface area (Å²) in [5.74, 6) is 0.159. The molecule has 1 amide bonds. The molecule has 120 valence electrons. The van der Waals surface area contributed by atoms with Gasteiger partial charge in [-0.3, -0.25) is 4.79 Å². The number of carbonyl (C=O) groups is 1. The normalized spacial score (nSPS) is 28.9. The summed E-state index contributed by atoms with van der Waals surface area (Å²) in [7, 11) is -0.402. The Labute approximate surface area is 128 Å². The van der Waals surface area contributed by atoms with Gasteiger partial charge < -0.3 is 19.9 Å². The molecule has 0 aromatic heterocycles. The van der Waals surface area contributed by atoms with Gasteiger partial charge >= 0.3 is 7.12 Å². The molecule has 2 aliphatic heterocycles. The van der Waals surface area contributed by atoms with Gasteiger partial charge in [0.1, 0.15) is 0 Å². The van der Waals surface area contributed by atoms with Crippen LogP contribution in [0.2, 0.25) is 0 Å². The van der Waals surface area contributed by atoms with E-state index in [2.05, 4.69) is 24.5 Å². The number of hydrogen-bond donors (Lipinski definition) is 2. The topological polar surface area (TPSA) is 59.6 Å². The first-order valence-electron chi connectivity index (χ1n) is 8.03. The highest BCUT2D eigenvalue weighted by Crippen LogP contribution is 2.38. The van der Waals surface area contributed by atoms with Crippen LogP contribution in [0.15, 0.2) is 0 Å². The third-order valence-corrected chi connectivity index (χ3v) is 4.97. The Morgan fingerprint density at radius 2 is 1.81 bits per heavy atom. The van der Waals surface area contributed by atoms with E-state index in [0.717, 1.165) is 19.4 Å². The van der Waals surface area contributed by atoms with Crippen molar-refractivity contribution in [3.8, 4) is 0 Å². The standard InChI is InChI=1S/C15H29BN2O3/c1-10(2)12(18-13(19)11-8-7-9-17-11)16-20-14(3,4)15(5,6)21-16/h10-12,17H,7-9H2,1-6H3,(H,18,19)/t11-,12?/m1/s1. The van der Waals surface area contributed by atoms with E-state index in [1.807, 2.05) is 27.7 Å². The maximum atomic E-state index is 12.4. The molecule has 2 fully saturated rings. The molecule has 21 heavy (non-hydrogen) atoms. The van der Waals surface area contributed by atoms with Gasteiger partial charge in [-0.25, -0.2) is 0 Å². The lowest BCUT2D eigenvalue weighted by molar-refractivity contribution is -0.123. The number of hydrogen-bond acceptors (Lipinski definition) is 4. The lowest BCUT2D eigenvalue weighted by atomic mass is 9.72. The molecule has 0 radical (unpaired) electrons. The van der Waals surface area contributed by atoms with Crippen LogP contribution in [0.3, 0.4) is 0 Å². The number of rotatable bonds is 4. The first-order valence-corrected chi connectivity index (χ1v) is 8.03. The highest BCUT2D eigenvalue weighted by molar-refractivity contribution is 6.48. The van der Waals surface area contributed by atoms with Crippen LogP contribution in [-0.2, 0) is 14.1 Å². The van der Waals surface area contributed by atoms with E-state index in [9.17, 15) is 4.79 Å². The smallest absolute Gasteiger partial charge is 0.402 e. The van der Waals surface area contributed by atoms with Gasteiger partial charge in [-0.1, -0.05) is 13.8 Å². The Bertz CT molecular complexity index is 376. The van der Waals surface area contributed by atoms with E-state index in [0.29, 0.717) is 0 Å². The first kappa shape index (κ1) is 16.8. The molecule has 0 spiro atoms. The summed E-state index contributed by atoms with van der Waals surface area (Å²) >= 11 is 0. The zero-order chi connectivity index (χ0) is 15.8. The van der Waals surface area contributed by atoms with Gasteiger partial charge in [0.25, 0.3) is 0 Å². The van der Waals surface area contributed by atoms with E-state index in [1.165, 1.54) is 0 Å². The summed E-state index contributed by atoms with van der Waals surface area (Å²) in [5.41, 5.74) is -0.748. The fraction of sp³-hybridized carbons (Fsp3) is 0.933. The minimum absolute atomic E-state index is 0.0564. The van der Waals surface area contributed by atoms with Crippen molar-refractivity contribution in [3.63, 3.8) is 0 Å². The summed E-state index contributed by atoms with van der Waals surface area (Å²) in [6, 6.07) is -0.0753. The van der Waals surface area contributed by atoms with Crippen molar-refractivity contribution >= 4 is 13.0 Å². The van der Waals surface area contributed by atoms with E-state index < -0.39 is 7.12 Å². The number of amides is 1. The Balaban J connectivity index is 2.04. The summed E-state index contributed by atoms with van der Waals surface area (Å²) in [6.07, 6.45) is 1.96. The van der Waals surface area contributed by atoms with Gasteiger partial charge in [0, 0.05) is 0 Å². The largest absolute Gasteiger partial charge is 0.482 e. The molecular weight excluding hydrogens is 267 g/mol. The molecule has 5 nitrogen and oxygen atoms in total. The molecule has 2 rings (SSSR count). The maximum absolute atomic E-state index is 12.4. The second kappa shape index (κ2) is 5.90. The Kier molecular flexibility index (Phi) is 4.71. The van der Waals surface area contributed by atoms with Crippen molar-refractivity contribution in [3.05, 3.63) is 0 Å². The molecule has 2 N–H and O–H groups in total. The van der Waals surface area contributed by atoms with Gasteiger partial charge in [0.15, 0.2) is 0 Å². The lowest BCUT2D eigenvalue weighted by Crippen LogP contribution is -2.54. The summed E-state index contributed by atoms with van der Waals surface area (Å²) < 4.78 is 12.2. The van der Waals surface area contributed by atoms with Gasteiger partial charge in [0.2, 0.25) is 5.91 Å². The van der Waals surface area contributed by atoms with E-state index in [-0.39, 0.29) is 35.0 Å². The quantitative estimate of drug-likeness (QED) is 0.772. The zero-order valence-electron chi connectivity index (χ0n) is 14.2. The van der Waals surface area contributed by atoms with Gasteiger partial charge in [-0.05, 0) is 53.0 Å². The second-order valence-electron chi connectivity index (χ2n) is 7.55. The Morgan fingerprint density at radius 3 is 2.24 bits per heavy atom. The molecule has 2 heterocycles. The second-order valence-corrected chi connectivity index (χ2v) is 7.55. The van der Waals surface area contributed by atoms with Crippen molar-refractivity contribution in [2.75, 3.05) is 6.54 Å². The van der Waals surface area contributed by atoms with Crippen molar-refractivity contribution < 1.29 is 14.1 Å². The molecule has 1 unspecified atom stereocenters. The molecule has 6 heteroatoms. The summed E-state index contributed by atoms with van der Waals surface area (Å²) in [6.45, 7) is 13.2.